The molecule has 0 unspecified atom stereocenters. The second-order valence-electron chi connectivity index (χ2n) is 10.8. The van der Waals surface area contributed by atoms with E-state index in [-0.39, 0.29) is 11.0 Å². The molecule has 0 radical (unpaired) electrons. The number of carbonyl (C=O) groups is 3. The summed E-state index contributed by atoms with van der Waals surface area (Å²) < 4.78 is 10.6. The van der Waals surface area contributed by atoms with Crippen LogP contribution < -0.4 is 19.7 Å². The van der Waals surface area contributed by atoms with Crippen molar-refractivity contribution in [1.29, 1.82) is 0 Å². The summed E-state index contributed by atoms with van der Waals surface area (Å²) >= 11 is 0. The fourth-order valence-electron chi connectivity index (χ4n) is 7.41. The van der Waals surface area contributed by atoms with Gasteiger partial charge in [0.1, 0.15) is 17.1 Å². The number of anilines is 1. The molecule has 5 aliphatic rings. The molecule has 1 saturated heterocycles. The minimum atomic E-state index is -0.744. The van der Waals surface area contributed by atoms with Crippen LogP contribution in [0.4, 0.5) is 10.5 Å². The third-order valence-electron chi connectivity index (χ3n) is 8.62. The van der Waals surface area contributed by atoms with Crippen molar-refractivity contribution in [1.82, 2.24) is 5.32 Å². The first-order valence-electron chi connectivity index (χ1n) is 12.6. The maximum atomic E-state index is 13.4. The van der Waals surface area contributed by atoms with Gasteiger partial charge in [-0.05, 0) is 97.6 Å². The molecule has 0 atom stereocenters. The normalized spacial score (nSPS) is 30.1. The summed E-state index contributed by atoms with van der Waals surface area (Å²) in [5, 5.41) is 2.31. The van der Waals surface area contributed by atoms with Gasteiger partial charge in [-0.3, -0.25) is 14.9 Å². The van der Waals surface area contributed by atoms with Crippen LogP contribution in [0.5, 0.6) is 11.5 Å². The number of carbonyl (C=O) groups excluding carboxylic acids is 3. The minimum absolute atomic E-state index is 0.136. The van der Waals surface area contributed by atoms with Crippen molar-refractivity contribution >= 4 is 29.6 Å². The van der Waals surface area contributed by atoms with E-state index in [0.717, 1.165) is 22.7 Å². The van der Waals surface area contributed by atoms with Crippen molar-refractivity contribution < 1.29 is 23.9 Å². The summed E-state index contributed by atoms with van der Waals surface area (Å²) in [6, 6.07) is 12.2. The molecule has 2 aromatic carbocycles. The number of hydrogen-bond acceptors (Lipinski definition) is 5. The molecule has 0 aromatic heterocycles. The average molecular weight is 487 g/mol. The molecular formula is C29H30N2O5. The molecule has 7 nitrogen and oxygen atoms in total. The van der Waals surface area contributed by atoms with Crippen molar-refractivity contribution in [2.45, 2.75) is 43.9 Å². The topological polar surface area (TPSA) is 84.9 Å². The van der Waals surface area contributed by atoms with Gasteiger partial charge in [0.2, 0.25) is 0 Å². The molecule has 2 aromatic rings. The van der Waals surface area contributed by atoms with Gasteiger partial charge in [0.05, 0.1) is 19.9 Å². The van der Waals surface area contributed by atoms with Gasteiger partial charge in [-0.15, -0.1) is 0 Å². The lowest BCUT2D eigenvalue weighted by Gasteiger charge is -2.57. The molecule has 1 heterocycles. The van der Waals surface area contributed by atoms with Gasteiger partial charge in [-0.25, -0.2) is 9.69 Å². The molecule has 36 heavy (non-hydrogen) atoms. The van der Waals surface area contributed by atoms with Gasteiger partial charge in [0.15, 0.2) is 0 Å². The summed E-state index contributed by atoms with van der Waals surface area (Å²) in [6.07, 6.45) is 9.30. The Labute approximate surface area is 210 Å². The first kappa shape index (κ1) is 22.8. The van der Waals surface area contributed by atoms with E-state index in [9.17, 15) is 14.4 Å². The maximum absolute atomic E-state index is 13.4. The van der Waals surface area contributed by atoms with E-state index in [4.69, 9.17) is 9.47 Å². The van der Waals surface area contributed by atoms with Crippen LogP contribution in [0.3, 0.4) is 0 Å². The number of urea groups is 1. The van der Waals surface area contributed by atoms with Crippen LogP contribution in [0.15, 0.2) is 48.0 Å². The van der Waals surface area contributed by atoms with Crippen molar-refractivity contribution in [3.63, 3.8) is 0 Å². The van der Waals surface area contributed by atoms with E-state index >= 15 is 0 Å². The molecule has 4 saturated carbocycles. The zero-order valence-corrected chi connectivity index (χ0v) is 20.6. The number of amides is 4. The predicted octanol–water partition coefficient (Wildman–Crippen LogP) is 4.84. The third kappa shape index (κ3) is 3.69. The number of methoxy groups -OCH3 is 2. The summed E-state index contributed by atoms with van der Waals surface area (Å²) in [6.45, 7) is 0. The predicted molar refractivity (Wildman–Crippen MR) is 135 cm³/mol. The third-order valence-corrected chi connectivity index (χ3v) is 8.62. The molecular weight excluding hydrogens is 456 g/mol. The number of rotatable bonds is 5. The smallest absolute Gasteiger partial charge is 0.335 e. The summed E-state index contributed by atoms with van der Waals surface area (Å²) in [4.78, 5) is 39.8. The van der Waals surface area contributed by atoms with E-state index in [1.54, 1.807) is 25.3 Å². The van der Waals surface area contributed by atoms with Crippen LogP contribution in [0, 0.1) is 17.8 Å². The van der Waals surface area contributed by atoms with Gasteiger partial charge >= 0.3 is 6.03 Å². The first-order chi connectivity index (χ1) is 17.4. The quantitative estimate of drug-likeness (QED) is 0.483. The van der Waals surface area contributed by atoms with Crippen molar-refractivity contribution in [2.24, 2.45) is 17.8 Å². The highest BCUT2D eigenvalue weighted by atomic mass is 16.5. The molecule has 4 amide bonds. The van der Waals surface area contributed by atoms with Crippen LogP contribution in [0.25, 0.3) is 6.08 Å². The lowest BCUT2D eigenvalue weighted by Crippen LogP contribution is -2.54. The number of hydrogen-bond donors (Lipinski definition) is 1. The van der Waals surface area contributed by atoms with Gasteiger partial charge < -0.3 is 9.47 Å². The van der Waals surface area contributed by atoms with E-state index in [2.05, 4.69) is 17.4 Å². The number of ether oxygens (including phenoxy) is 2. The van der Waals surface area contributed by atoms with E-state index < -0.39 is 17.8 Å². The molecule has 0 spiro atoms. The molecule has 7 heteroatoms. The maximum Gasteiger partial charge on any atom is 0.335 e. The van der Waals surface area contributed by atoms with Gasteiger partial charge in [-0.1, -0.05) is 12.1 Å². The van der Waals surface area contributed by atoms with Crippen LogP contribution in [-0.4, -0.2) is 32.1 Å². The number of nitrogens with zero attached hydrogens (tertiary/aromatic N) is 1. The highest BCUT2D eigenvalue weighted by molar-refractivity contribution is 6.39. The molecule has 4 bridgehead atoms. The lowest BCUT2D eigenvalue weighted by molar-refractivity contribution is -0.122. The van der Waals surface area contributed by atoms with Crippen LogP contribution in [0.2, 0.25) is 0 Å². The Hall–Kier alpha value is -3.61. The Morgan fingerprint density at radius 2 is 1.53 bits per heavy atom. The zero-order valence-electron chi connectivity index (χ0n) is 20.6. The zero-order chi connectivity index (χ0) is 25.0. The average Bonchev–Trinajstić information content (AvgIpc) is 2.86. The summed E-state index contributed by atoms with van der Waals surface area (Å²) in [7, 11) is 3.05. The molecule has 1 N–H and O–H groups in total. The number of imide groups is 2. The van der Waals surface area contributed by atoms with Crippen LogP contribution in [0.1, 0.15) is 49.7 Å². The molecule has 4 aliphatic carbocycles. The van der Waals surface area contributed by atoms with Gasteiger partial charge in [0.25, 0.3) is 11.8 Å². The monoisotopic (exact) mass is 486 g/mol. The Morgan fingerprint density at radius 3 is 2.11 bits per heavy atom. The Kier molecular flexibility index (Phi) is 5.39. The molecule has 1 aliphatic heterocycles. The van der Waals surface area contributed by atoms with Crippen molar-refractivity contribution in [3.8, 4) is 11.5 Å². The second-order valence-corrected chi connectivity index (χ2v) is 10.8. The largest absolute Gasteiger partial charge is 0.497 e. The van der Waals surface area contributed by atoms with Crippen LogP contribution in [-0.2, 0) is 15.0 Å². The second kappa shape index (κ2) is 8.50. The van der Waals surface area contributed by atoms with Crippen LogP contribution >= 0.6 is 0 Å². The first-order valence-corrected chi connectivity index (χ1v) is 12.6. The lowest BCUT2D eigenvalue weighted by atomic mass is 9.48. The summed E-state index contributed by atoms with van der Waals surface area (Å²) in [5.74, 6) is 2.14. The SMILES string of the molecule is COc1ccc(/C=C2\C(=O)NC(=O)N(c3ccc(C45CC6CC(CC(C6)C4)C5)cc3)C2=O)c(OC)c1. The summed E-state index contributed by atoms with van der Waals surface area (Å²) in [5.41, 5.74) is 2.38. The number of benzene rings is 2. The standard InChI is InChI=1S/C29H30N2O5/c1-35-23-8-3-20(25(13-23)36-2)12-24-26(32)30-28(34)31(27(24)33)22-6-4-21(5-7-22)29-14-17-9-18(15-29)11-19(10-17)16-29/h3-8,12-13,17-19H,9-11,14-16H2,1-2H3,(H,30,32,34)/b24-12+. The molecule has 5 fully saturated rings. The van der Waals surface area contributed by atoms with Crippen molar-refractivity contribution in [3.05, 3.63) is 59.2 Å². The van der Waals surface area contributed by atoms with E-state index in [1.807, 2.05) is 12.1 Å². The highest BCUT2D eigenvalue weighted by Gasteiger charge is 2.51. The van der Waals surface area contributed by atoms with Gasteiger partial charge in [0, 0.05) is 11.6 Å². The van der Waals surface area contributed by atoms with E-state index in [0.29, 0.717) is 22.7 Å². The highest BCUT2D eigenvalue weighted by Crippen LogP contribution is 2.60. The minimum Gasteiger partial charge on any atom is -0.497 e. The molecule has 7 rings (SSSR count). The van der Waals surface area contributed by atoms with Gasteiger partial charge in [-0.2, -0.15) is 0 Å². The fraction of sp³-hybridized carbons (Fsp3) is 0.414. The van der Waals surface area contributed by atoms with E-state index in [1.165, 1.54) is 57.3 Å². The molecule has 186 valence electrons. The Morgan fingerprint density at radius 1 is 0.889 bits per heavy atom. The number of nitrogens with one attached hydrogen (secondary N) is 1. The number of barbiturate groups is 1. The Bertz CT molecular complexity index is 1240. The fourth-order valence-corrected chi connectivity index (χ4v) is 7.41. The van der Waals surface area contributed by atoms with Crippen molar-refractivity contribution in [2.75, 3.05) is 19.1 Å². The Balaban J connectivity index is 1.30.